The van der Waals surface area contributed by atoms with Crippen LogP contribution in [-0.4, -0.2) is 91.4 Å². The molecule has 76 heavy (non-hydrogen) atoms. The van der Waals surface area contributed by atoms with Crippen LogP contribution in [0.4, 0.5) is 28.9 Å². The molecule has 1 aliphatic carbocycles. The zero-order chi connectivity index (χ0) is 55.0. The molecule has 1 saturated carbocycles. The normalized spacial score (nSPS) is 20.1. The van der Waals surface area contributed by atoms with Crippen molar-refractivity contribution < 1.29 is 46.6 Å². The predicted molar refractivity (Wildman–Crippen MR) is 282 cm³/mol. The Morgan fingerprint density at radius 1 is 0.921 bits per heavy atom. The molecule has 3 fully saturated rings. The molecule has 0 spiro atoms. The lowest BCUT2D eigenvalue weighted by Gasteiger charge is -2.37. The second kappa shape index (κ2) is 21.8. The van der Waals surface area contributed by atoms with Gasteiger partial charge in [0.1, 0.15) is 23.2 Å². The first-order valence-corrected chi connectivity index (χ1v) is 26.1. The summed E-state index contributed by atoms with van der Waals surface area (Å²) in [4.78, 5) is 81.9. The molecule has 8 rings (SSSR count). The number of amides is 5. The van der Waals surface area contributed by atoms with Gasteiger partial charge < -0.3 is 30.9 Å². The van der Waals surface area contributed by atoms with Crippen LogP contribution in [0.1, 0.15) is 99.5 Å². The number of benzene rings is 3. The number of thiazole rings is 1. The lowest BCUT2D eigenvalue weighted by molar-refractivity contribution is -0.144. The highest BCUT2D eigenvalue weighted by Crippen LogP contribution is 2.42. The average Bonchev–Trinajstić information content (AvgIpc) is 4.09. The quantitative estimate of drug-likeness (QED) is 0.0651. The summed E-state index contributed by atoms with van der Waals surface area (Å²) in [5.41, 5.74) is 0.843. The van der Waals surface area contributed by atoms with Gasteiger partial charge in [-0.25, -0.2) is 9.37 Å². The molecular formula is C55H57F4N9O6S2. The highest BCUT2D eigenvalue weighted by Gasteiger charge is 2.52. The van der Waals surface area contributed by atoms with Gasteiger partial charge in [-0.15, -0.1) is 11.3 Å². The van der Waals surface area contributed by atoms with Gasteiger partial charge in [-0.1, -0.05) is 57.2 Å². The van der Waals surface area contributed by atoms with E-state index in [1.54, 1.807) is 53.2 Å². The summed E-state index contributed by atoms with van der Waals surface area (Å²) in [5, 5.41) is 28.5. The van der Waals surface area contributed by atoms with Crippen LogP contribution in [0.5, 0.6) is 0 Å². The van der Waals surface area contributed by atoms with Crippen molar-refractivity contribution in [1.29, 1.82) is 5.26 Å². The van der Waals surface area contributed by atoms with E-state index in [-0.39, 0.29) is 54.2 Å². The summed E-state index contributed by atoms with van der Waals surface area (Å²) >= 11 is 7.10. The molecule has 5 amide bonds. The van der Waals surface area contributed by atoms with Gasteiger partial charge in [-0.05, 0) is 118 Å². The third-order valence-electron chi connectivity index (χ3n) is 14.3. The molecule has 0 unspecified atom stereocenters. The summed E-state index contributed by atoms with van der Waals surface area (Å²) in [5.74, 6) is -4.22. The van der Waals surface area contributed by atoms with Crippen LogP contribution < -0.4 is 25.8 Å². The number of halogens is 4. The zero-order valence-electron chi connectivity index (χ0n) is 42.6. The van der Waals surface area contributed by atoms with E-state index >= 15 is 4.39 Å². The Morgan fingerprint density at radius 2 is 1.59 bits per heavy atom. The van der Waals surface area contributed by atoms with Gasteiger partial charge in [0, 0.05) is 43.1 Å². The van der Waals surface area contributed by atoms with Crippen molar-refractivity contribution in [3.8, 4) is 27.8 Å². The number of carbonyl (C=O) groups excluding carboxylic acids is 5. The number of aromatic nitrogens is 2. The predicted octanol–water partition coefficient (Wildman–Crippen LogP) is 8.47. The van der Waals surface area contributed by atoms with Gasteiger partial charge in [-0.3, -0.25) is 33.9 Å². The largest absolute Gasteiger partial charge is 0.420 e. The molecule has 2 aliphatic heterocycles. The fourth-order valence-corrected chi connectivity index (χ4v) is 11.4. The monoisotopic (exact) mass is 1080 g/mol. The van der Waals surface area contributed by atoms with Gasteiger partial charge in [0.2, 0.25) is 17.7 Å². The van der Waals surface area contributed by atoms with Crippen molar-refractivity contribution in [2.24, 2.45) is 17.3 Å². The van der Waals surface area contributed by atoms with Crippen LogP contribution in [0.25, 0.3) is 21.7 Å². The topological polar surface area (TPSA) is 201 Å². The van der Waals surface area contributed by atoms with Gasteiger partial charge in [0.25, 0.3) is 11.8 Å². The molecule has 3 atom stereocenters. The zero-order valence-corrected chi connectivity index (χ0v) is 44.3. The summed E-state index contributed by atoms with van der Waals surface area (Å²) in [6.45, 7) is 11.1. The third kappa shape index (κ3) is 11.3. The number of nitrogens with one attached hydrogen (secondary N) is 3. The van der Waals surface area contributed by atoms with Crippen molar-refractivity contribution in [2.75, 3.05) is 22.9 Å². The third-order valence-corrected chi connectivity index (χ3v) is 15.7. The fourth-order valence-electron chi connectivity index (χ4n) is 10.0. The fraction of sp³-hybridized carbons (Fsp3) is 0.400. The number of aliphatic hydroxyl groups is 1. The van der Waals surface area contributed by atoms with Crippen molar-refractivity contribution in [2.45, 2.75) is 110 Å². The summed E-state index contributed by atoms with van der Waals surface area (Å²) < 4.78 is 56.9. The number of pyridine rings is 1. The Labute approximate surface area is 446 Å². The number of likely N-dealkylation sites (tertiary alicyclic amines) is 1. The minimum absolute atomic E-state index is 0.0346. The Hall–Kier alpha value is -7.15. The minimum Gasteiger partial charge on any atom is -0.391 e. The number of hydrogen-bond donors (Lipinski definition) is 4. The summed E-state index contributed by atoms with van der Waals surface area (Å²) in [7, 11) is 0. The number of rotatable bonds is 13. The Balaban J connectivity index is 0.817. The van der Waals surface area contributed by atoms with Crippen molar-refractivity contribution >= 4 is 69.6 Å². The summed E-state index contributed by atoms with van der Waals surface area (Å²) in [6, 6.07) is 19.0. The molecule has 4 N–H and O–H groups in total. The highest BCUT2D eigenvalue weighted by molar-refractivity contribution is 7.81. The van der Waals surface area contributed by atoms with E-state index in [2.05, 4.69) is 25.9 Å². The SMILES string of the molecule is Cc1ncsc1-c1ccc(CNC(=O)[C@@H]2C[C@@H](O)CN2C(=O)[C@@H](NC(=O)[C@H]2CC[C@H](CNC(=O)c3ccc(-c4ccc(N5C(=S)N(c6ccc(C#N)c(C(F)(F)F)c6F)C(=O)C5(C)C)cn4)cc3)CC2)C(C)(C)C)cc1. The standard InChI is InChI=1S/C55H57F4N9O6S2/c1-30-45(76-29-64-30)34-11-7-31(8-12-34)26-63-49(72)42-23-39(69)28-66(42)50(73)46(53(2,3)4)65-48(71)36-13-9-32(10-14-36)25-62-47(70)35-17-15-33(16-18-35)40-21-20-38(27-61-40)68-52(75)67(51(74)54(68,5)6)41-22-19-37(24-60)43(44(41)56)55(57,58)59/h7-8,11-12,15-22,27,29,32,36,39,42,46,69H,9-10,13-14,23,25-26,28H2,1-6H3,(H,62,70)(H,63,72)(H,65,71)/t32-,36-,39-,42+,46-/m1/s1. The van der Waals surface area contributed by atoms with Crippen molar-refractivity contribution in [3.63, 3.8) is 0 Å². The van der Waals surface area contributed by atoms with E-state index in [9.17, 15) is 47.5 Å². The van der Waals surface area contributed by atoms with E-state index in [1.165, 1.54) is 35.9 Å². The first-order chi connectivity index (χ1) is 35.9. The number of aryl methyl sites for hydroxylation is 1. The molecule has 398 valence electrons. The Bertz CT molecular complexity index is 3090. The first kappa shape index (κ1) is 55.1. The maximum absolute atomic E-state index is 15.5. The van der Waals surface area contributed by atoms with Gasteiger partial charge in [0.05, 0.1) is 57.1 Å². The number of hydrogen-bond acceptors (Lipinski definition) is 11. The highest BCUT2D eigenvalue weighted by atomic mass is 32.1. The molecule has 2 saturated heterocycles. The molecule has 3 aliphatic rings. The Kier molecular flexibility index (Phi) is 15.8. The molecule has 5 aromatic rings. The lowest BCUT2D eigenvalue weighted by Crippen LogP contribution is -2.58. The van der Waals surface area contributed by atoms with Gasteiger partial charge >= 0.3 is 6.18 Å². The molecule has 3 aromatic carbocycles. The number of nitriles is 1. The average molecular weight is 1080 g/mol. The summed E-state index contributed by atoms with van der Waals surface area (Å²) in [6.07, 6.45) is -2.19. The van der Waals surface area contributed by atoms with E-state index in [1.807, 2.05) is 52.0 Å². The number of alkyl halides is 3. The Morgan fingerprint density at radius 3 is 2.18 bits per heavy atom. The maximum Gasteiger partial charge on any atom is 0.420 e. The number of β-amino-alcohol motifs (C(OH)–C–C–N with tert-alkyl or cyclic N) is 1. The first-order valence-electron chi connectivity index (χ1n) is 24.8. The second-order valence-corrected chi connectivity index (χ2v) is 22.3. The van der Waals surface area contributed by atoms with Crippen LogP contribution in [0.15, 0.2) is 84.5 Å². The number of aliphatic hydroxyl groups excluding tert-OH is 1. The second-order valence-electron chi connectivity index (χ2n) is 21.0. The molecule has 4 heterocycles. The van der Waals surface area contributed by atoms with Crippen LogP contribution in [0.2, 0.25) is 0 Å². The van der Waals surface area contributed by atoms with Gasteiger partial charge in [-0.2, -0.15) is 18.4 Å². The van der Waals surface area contributed by atoms with Crippen LogP contribution in [0.3, 0.4) is 0 Å². The molecular weight excluding hydrogens is 1020 g/mol. The van der Waals surface area contributed by atoms with Crippen LogP contribution in [-0.2, 0) is 31.9 Å². The van der Waals surface area contributed by atoms with Crippen molar-refractivity contribution in [1.82, 2.24) is 30.8 Å². The van der Waals surface area contributed by atoms with E-state index < -0.39 is 69.8 Å². The van der Waals surface area contributed by atoms with E-state index in [0.29, 0.717) is 59.6 Å². The van der Waals surface area contributed by atoms with Crippen LogP contribution in [0, 0.1) is 41.3 Å². The minimum atomic E-state index is -5.21. The number of thiocarbonyl (C=S) groups is 1. The number of carbonyl (C=O) groups is 5. The van der Waals surface area contributed by atoms with E-state index in [4.69, 9.17) is 12.2 Å². The van der Waals surface area contributed by atoms with Gasteiger partial charge in [0.15, 0.2) is 10.9 Å². The molecule has 0 radical (unpaired) electrons. The number of anilines is 2. The van der Waals surface area contributed by atoms with E-state index in [0.717, 1.165) is 33.8 Å². The lowest BCUT2D eigenvalue weighted by atomic mass is 9.80. The number of nitrogens with zero attached hydrogens (tertiary/aromatic N) is 6. The smallest absolute Gasteiger partial charge is 0.391 e. The maximum atomic E-state index is 15.5. The molecule has 15 nitrogen and oxygen atoms in total. The van der Waals surface area contributed by atoms with Crippen molar-refractivity contribution in [3.05, 3.63) is 118 Å². The molecule has 2 aromatic heterocycles. The molecule has 0 bridgehead atoms. The van der Waals surface area contributed by atoms with Crippen LogP contribution >= 0.6 is 23.6 Å². The molecule has 21 heteroatoms.